The van der Waals surface area contributed by atoms with Crippen molar-refractivity contribution >= 4 is 35.7 Å². The van der Waals surface area contributed by atoms with Crippen LogP contribution in [0.5, 0.6) is 17.2 Å². The lowest BCUT2D eigenvalue weighted by Gasteiger charge is -2.11. The van der Waals surface area contributed by atoms with Gasteiger partial charge in [0, 0.05) is 6.54 Å². The molecule has 0 spiro atoms. The topological polar surface area (TPSA) is 209 Å². The van der Waals surface area contributed by atoms with Crippen LogP contribution >= 0.6 is 0 Å². The van der Waals surface area contributed by atoms with Crippen LogP contribution in [0, 0.1) is 0 Å². The van der Waals surface area contributed by atoms with Crippen molar-refractivity contribution in [2.24, 2.45) is 5.73 Å². The van der Waals surface area contributed by atoms with Crippen LogP contribution < -0.4 is 19.9 Å². The third kappa shape index (κ3) is 13.2. The Labute approximate surface area is 241 Å². The molecule has 232 valence electrons. The van der Waals surface area contributed by atoms with Crippen molar-refractivity contribution in [3.63, 3.8) is 0 Å². The molecule has 5 N–H and O–H groups in total. The first-order chi connectivity index (χ1) is 20.2. The van der Waals surface area contributed by atoms with E-state index in [0.29, 0.717) is 23.6 Å². The lowest BCUT2D eigenvalue weighted by molar-refractivity contribution is -0.192. The monoisotopic (exact) mass is 613 g/mol. The number of ketones is 1. The summed E-state index contributed by atoms with van der Waals surface area (Å²) in [6, 6.07) is 8.80. The van der Waals surface area contributed by atoms with Crippen LogP contribution in [0.1, 0.15) is 26.3 Å². The van der Waals surface area contributed by atoms with Crippen molar-refractivity contribution in [3.05, 3.63) is 71.8 Å². The van der Waals surface area contributed by atoms with E-state index in [9.17, 15) is 32.3 Å². The Morgan fingerprint density at radius 3 is 2.02 bits per heavy atom. The summed E-state index contributed by atoms with van der Waals surface area (Å²) in [5.74, 6) is -6.27. The summed E-state index contributed by atoms with van der Waals surface area (Å²) < 4.78 is 52.5. The SMILES string of the molecule is C=CCOc1ccc(OCCN)cc1C(=O)/C=C/c1ccc(OCC(=O)O)c(C(=O)OCC(=O)O)c1.O=C(O)C(F)(F)F. The lowest BCUT2D eigenvalue weighted by atomic mass is 10.1. The van der Waals surface area contributed by atoms with Gasteiger partial charge in [0.15, 0.2) is 19.0 Å². The molecule has 0 aliphatic heterocycles. The number of halogens is 3. The highest BCUT2D eigenvalue weighted by Gasteiger charge is 2.38. The summed E-state index contributed by atoms with van der Waals surface area (Å²) in [4.78, 5) is 55.7. The van der Waals surface area contributed by atoms with Crippen LogP contribution in [0.15, 0.2) is 55.1 Å². The van der Waals surface area contributed by atoms with Gasteiger partial charge in [-0.25, -0.2) is 19.2 Å². The number of hydrogen-bond acceptors (Lipinski definition) is 10. The van der Waals surface area contributed by atoms with E-state index < -0.39 is 49.1 Å². The van der Waals surface area contributed by atoms with E-state index in [-0.39, 0.29) is 30.1 Å². The zero-order chi connectivity index (χ0) is 32.6. The first-order valence-corrected chi connectivity index (χ1v) is 11.8. The van der Waals surface area contributed by atoms with E-state index in [1.165, 1.54) is 42.5 Å². The third-order valence-electron chi connectivity index (χ3n) is 4.53. The van der Waals surface area contributed by atoms with Gasteiger partial charge in [-0.2, -0.15) is 13.2 Å². The van der Waals surface area contributed by atoms with E-state index in [0.717, 1.165) is 0 Å². The Hall–Kier alpha value is -5.38. The third-order valence-corrected chi connectivity index (χ3v) is 4.53. The van der Waals surface area contributed by atoms with E-state index in [1.54, 1.807) is 12.1 Å². The molecule has 0 aromatic heterocycles. The first kappa shape index (κ1) is 35.6. The first-order valence-electron chi connectivity index (χ1n) is 11.8. The van der Waals surface area contributed by atoms with Gasteiger partial charge in [-0.1, -0.05) is 24.8 Å². The Morgan fingerprint density at radius 1 is 0.860 bits per heavy atom. The molecule has 16 heteroatoms. The molecule has 0 aliphatic rings. The van der Waals surface area contributed by atoms with Gasteiger partial charge >= 0.3 is 30.1 Å². The molecule has 0 fully saturated rings. The average Bonchev–Trinajstić information content (AvgIpc) is 2.95. The van der Waals surface area contributed by atoms with Gasteiger partial charge in [-0.15, -0.1) is 0 Å². The number of carboxylic acid groups (broad SMARTS) is 3. The number of esters is 1. The Kier molecular flexibility index (Phi) is 14.5. The quantitative estimate of drug-likeness (QED) is 0.0987. The molecule has 0 atom stereocenters. The minimum Gasteiger partial charge on any atom is -0.492 e. The number of benzene rings is 2. The maximum absolute atomic E-state index is 12.9. The highest BCUT2D eigenvalue weighted by atomic mass is 19.4. The van der Waals surface area contributed by atoms with Crippen LogP contribution in [0.4, 0.5) is 13.2 Å². The van der Waals surface area contributed by atoms with E-state index >= 15 is 0 Å². The summed E-state index contributed by atoms with van der Waals surface area (Å²) in [6.45, 7) is 2.68. The molecule has 0 amide bonds. The fraction of sp³-hybridized carbons (Fsp3) is 0.222. The molecule has 2 aromatic rings. The Bertz CT molecular complexity index is 1360. The van der Waals surface area contributed by atoms with E-state index in [4.69, 9.17) is 40.1 Å². The highest BCUT2D eigenvalue weighted by Crippen LogP contribution is 2.27. The number of carbonyl (C=O) groups is 5. The molecule has 0 aliphatic carbocycles. The number of alkyl halides is 3. The van der Waals surface area contributed by atoms with Crippen molar-refractivity contribution in [2.45, 2.75) is 6.18 Å². The van der Waals surface area contributed by atoms with Gasteiger partial charge in [0.1, 0.15) is 36.0 Å². The zero-order valence-electron chi connectivity index (χ0n) is 22.2. The molecular weight excluding hydrogens is 587 g/mol. The molecule has 0 bridgehead atoms. The number of carboxylic acids is 3. The molecule has 0 radical (unpaired) electrons. The van der Waals surface area contributed by atoms with Gasteiger partial charge in [0.25, 0.3) is 0 Å². The number of ether oxygens (including phenoxy) is 4. The summed E-state index contributed by atoms with van der Waals surface area (Å²) in [5, 5.41) is 24.7. The van der Waals surface area contributed by atoms with Gasteiger partial charge < -0.3 is 40.0 Å². The molecule has 0 heterocycles. The predicted molar refractivity (Wildman–Crippen MR) is 141 cm³/mol. The molecule has 2 rings (SSSR count). The average molecular weight is 613 g/mol. The number of carbonyl (C=O) groups excluding carboxylic acids is 2. The second kappa shape index (κ2) is 17.4. The van der Waals surface area contributed by atoms with Crippen molar-refractivity contribution in [1.29, 1.82) is 0 Å². The maximum Gasteiger partial charge on any atom is 0.490 e. The number of rotatable bonds is 15. The number of allylic oxidation sites excluding steroid dienone is 1. The Balaban J connectivity index is 0.00000117. The molecular formula is C27H26F3NO12. The lowest BCUT2D eigenvalue weighted by Crippen LogP contribution is -2.21. The number of nitrogens with two attached hydrogens (primary N) is 1. The minimum absolute atomic E-state index is 0.124. The Morgan fingerprint density at radius 2 is 1.47 bits per heavy atom. The smallest absolute Gasteiger partial charge is 0.490 e. The van der Waals surface area contributed by atoms with Crippen molar-refractivity contribution in [1.82, 2.24) is 0 Å². The molecule has 2 aromatic carbocycles. The molecule has 0 saturated carbocycles. The van der Waals surface area contributed by atoms with Gasteiger partial charge in [-0.05, 0) is 42.0 Å². The normalized spacial score (nSPS) is 10.6. The van der Waals surface area contributed by atoms with Crippen molar-refractivity contribution in [3.8, 4) is 17.2 Å². The molecule has 13 nitrogen and oxygen atoms in total. The summed E-state index contributed by atoms with van der Waals surface area (Å²) in [7, 11) is 0. The maximum atomic E-state index is 12.9. The highest BCUT2D eigenvalue weighted by molar-refractivity contribution is 6.09. The number of hydrogen-bond donors (Lipinski definition) is 4. The van der Waals surface area contributed by atoms with Crippen LogP contribution in [-0.4, -0.2) is 84.1 Å². The number of aliphatic carboxylic acids is 3. The second-order valence-corrected chi connectivity index (χ2v) is 7.80. The summed E-state index contributed by atoms with van der Waals surface area (Å²) in [5.41, 5.74) is 5.82. The molecule has 43 heavy (non-hydrogen) atoms. The van der Waals surface area contributed by atoms with E-state index in [1.807, 2.05) is 0 Å². The van der Waals surface area contributed by atoms with E-state index in [2.05, 4.69) is 11.3 Å². The van der Waals surface area contributed by atoms with Gasteiger partial charge in [0.2, 0.25) is 0 Å². The zero-order valence-corrected chi connectivity index (χ0v) is 22.2. The fourth-order valence-electron chi connectivity index (χ4n) is 2.79. The predicted octanol–water partition coefficient (Wildman–Crippen LogP) is 2.82. The van der Waals surface area contributed by atoms with Gasteiger partial charge in [0.05, 0.1) is 5.56 Å². The molecule has 0 saturated heterocycles. The largest absolute Gasteiger partial charge is 0.492 e. The second-order valence-electron chi connectivity index (χ2n) is 7.80. The minimum atomic E-state index is -5.08. The van der Waals surface area contributed by atoms with Crippen molar-refractivity contribution in [2.75, 3.05) is 33.0 Å². The summed E-state index contributed by atoms with van der Waals surface area (Å²) >= 11 is 0. The van der Waals surface area contributed by atoms with Gasteiger partial charge in [-0.3, -0.25) is 4.79 Å². The van der Waals surface area contributed by atoms with Crippen LogP contribution in [0.25, 0.3) is 6.08 Å². The van der Waals surface area contributed by atoms with Crippen LogP contribution in [-0.2, 0) is 19.1 Å². The summed E-state index contributed by atoms with van der Waals surface area (Å²) in [6.07, 6.45) is -0.911. The van der Waals surface area contributed by atoms with Crippen LogP contribution in [0.2, 0.25) is 0 Å². The molecule has 0 unspecified atom stereocenters. The van der Waals surface area contributed by atoms with Crippen LogP contribution in [0.3, 0.4) is 0 Å². The standard InChI is InChI=1S/C25H25NO10.C2HF3O2/c1-2-10-34-21-8-5-17(33-11-9-26)13-18(21)20(27)6-3-16-4-7-22(35-14-23(28)29)19(12-16)25(32)36-15-24(30)31;3-2(4,5)1(6)7/h2-8,12-13H,1,9-11,14-15,26H2,(H,28,29)(H,30,31);(H,6,7)/b6-3+;. The van der Waals surface area contributed by atoms with Crippen molar-refractivity contribution < 1.29 is 71.4 Å². The fourth-order valence-corrected chi connectivity index (χ4v) is 2.79.